The van der Waals surface area contributed by atoms with Gasteiger partial charge >= 0.3 is 0 Å². The summed E-state index contributed by atoms with van der Waals surface area (Å²) >= 11 is 0. The second-order valence-electron chi connectivity index (χ2n) is 6.19. The van der Waals surface area contributed by atoms with Gasteiger partial charge < -0.3 is 14.8 Å². The van der Waals surface area contributed by atoms with Crippen LogP contribution in [0.4, 0.5) is 0 Å². The molecule has 1 atom stereocenters. The summed E-state index contributed by atoms with van der Waals surface area (Å²) < 4.78 is 12.8. The predicted molar refractivity (Wildman–Crippen MR) is 90.3 cm³/mol. The first-order valence-electron chi connectivity index (χ1n) is 8.19. The minimum absolute atomic E-state index is 0.0451. The van der Waals surface area contributed by atoms with E-state index in [1.165, 1.54) is 0 Å². The lowest BCUT2D eigenvalue weighted by Gasteiger charge is -2.25. The van der Waals surface area contributed by atoms with E-state index < -0.39 is 0 Å². The topological polar surface area (TPSA) is 65.4 Å². The van der Waals surface area contributed by atoms with Gasteiger partial charge in [0.1, 0.15) is 11.5 Å². The molecule has 0 saturated heterocycles. The van der Waals surface area contributed by atoms with E-state index in [-0.39, 0.29) is 5.91 Å². The van der Waals surface area contributed by atoms with Gasteiger partial charge in [-0.05, 0) is 30.5 Å². The van der Waals surface area contributed by atoms with Crippen LogP contribution in [0.15, 0.2) is 30.6 Å². The number of carbonyl (C=O) groups excluding carboxylic acids is 1. The molecule has 1 aliphatic heterocycles. The Morgan fingerprint density at radius 1 is 1.50 bits per heavy atom. The van der Waals surface area contributed by atoms with Gasteiger partial charge in [-0.25, -0.2) is 0 Å². The summed E-state index contributed by atoms with van der Waals surface area (Å²) in [6.07, 6.45) is 5.07. The van der Waals surface area contributed by atoms with Gasteiger partial charge in [-0.2, -0.15) is 5.10 Å². The number of rotatable bonds is 6. The predicted octanol–water partition coefficient (Wildman–Crippen LogP) is 1.96. The monoisotopic (exact) mass is 329 g/mol. The number of nitrogens with one attached hydrogen (secondary N) is 1. The lowest BCUT2D eigenvalue weighted by atomic mass is 9.96. The van der Waals surface area contributed by atoms with Crippen LogP contribution in [0.25, 0.3) is 0 Å². The summed E-state index contributed by atoms with van der Waals surface area (Å²) in [6.45, 7) is 3.82. The summed E-state index contributed by atoms with van der Waals surface area (Å²) in [5.41, 5.74) is 2.26. The fourth-order valence-corrected chi connectivity index (χ4v) is 2.83. The second kappa shape index (κ2) is 7.38. The maximum atomic E-state index is 12.0. The molecule has 1 amide bonds. The minimum atomic E-state index is 0.0451. The average molecular weight is 329 g/mol. The number of carbonyl (C=O) groups is 1. The number of ether oxygens (including phenoxy) is 2. The standard InChI is InChI=1S/C18H23N3O3/c1-13-9-20-21(11-13)6-5-18(22)19-10-14-7-15-3-4-16(23-2)8-17(15)24-12-14/h3-4,8-9,11,14H,5-7,10,12H2,1-2H3,(H,19,22). The first-order valence-corrected chi connectivity index (χ1v) is 8.19. The van der Waals surface area contributed by atoms with E-state index in [9.17, 15) is 4.79 Å². The Morgan fingerprint density at radius 3 is 3.12 bits per heavy atom. The van der Waals surface area contributed by atoms with E-state index in [1.807, 2.05) is 31.3 Å². The smallest absolute Gasteiger partial charge is 0.221 e. The quantitative estimate of drug-likeness (QED) is 0.880. The number of amides is 1. The molecule has 2 aromatic rings. The van der Waals surface area contributed by atoms with E-state index >= 15 is 0 Å². The summed E-state index contributed by atoms with van der Waals surface area (Å²) in [5.74, 6) is 2.02. The molecule has 24 heavy (non-hydrogen) atoms. The van der Waals surface area contributed by atoms with Crippen LogP contribution in [-0.2, 0) is 17.8 Å². The highest BCUT2D eigenvalue weighted by molar-refractivity contribution is 5.75. The van der Waals surface area contributed by atoms with E-state index in [2.05, 4.69) is 10.4 Å². The highest BCUT2D eigenvalue weighted by atomic mass is 16.5. The van der Waals surface area contributed by atoms with Gasteiger partial charge in [-0.15, -0.1) is 0 Å². The Kier molecular flexibility index (Phi) is 5.03. The average Bonchev–Trinajstić information content (AvgIpc) is 3.02. The van der Waals surface area contributed by atoms with Crippen LogP contribution >= 0.6 is 0 Å². The first-order chi connectivity index (χ1) is 11.6. The molecule has 1 aromatic heterocycles. The highest BCUT2D eigenvalue weighted by Gasteiger charge is 2.20. The fourth-order valence-electron chi connectivity index (χ4n) is 2.83. The molecule has 1 aliphatic rings. The van der Waals surface area contributed by atoms with Crippen LogP contribution in [0.1, 0.15) is 17.5 Å². The van der Waals surface area contributed by atoms with Crippen LogP contribution < -0.4 is 14.8 Å². The molecule has 2 heterocycles. The van der Waals surface area contributed by atoms with Crippen molar-refractivity contribution < 1.29 is 14.3 Å². The molecule has 1 unspecified atom stereocenters. The molecule has 0 bridgehead atoms. The largest absolute Gasteiger partial charge is 0.497 e. The molecule has 128 valence electrons. The summed E-state index contributed by atoms with van der Waals surface area (Å²) in [5, 5.41) is 7.18. The molecule has 0 aliphatic carbocycles. The van der Waals surface area contributed by atoms with Gasteiger partial charge in [0.15, 0.2) is 0 Å². The summed E-state index contributed by atoms with van der Waals surface area (Å²) in [4.78, 5) is 12.0. The van der Waals surface area contributed by atoms with E-state index in [0.29, 0.717) is 32.0 Å². The third-order valence-corrected chi connectivity index (χ3v) is 4.18. The van der Waals surface area contributed by atoms with Crippen LogP contribution in [0.5, 0.6) is 11.5 Å². The maximum Gasteiger partial charge on any atom is 0.221 e. The van der Waals surface area contributed by atoms with E-state index in [4.69, 9.17) is 9.47 Å². The van der Waals surface area contributed by atoms with Crippen molar-refractivity contribution in [2.75, 3.05) is 20.3 Å². The zero-order chi connectivity index (χ0) is 16.9. The first kappa shape index (κ1) is 16.4. The Labute approximate surface area is 141 Å². The number of benzene rings is 1. The summed E-state index contributed by atoms with van der Waals surface area (Å²) in [7, 11) is 1.65. The SMILES string of the molecule is COc1ccc2c(c1)OCC(CNC(=O)CCn1cc(C)cn1)C2. The van der Waals surface area contributed by atoms with Crippen molar-refractivity contribution >= 4 is 5.91 Å². The molecule has 0 spiro atoms. The van der Waals surface area contributed by atoms with Crippen molar-refractivity contribution in [1.29, 1.82) is 0 Å². The molecule has 1 aromatic carbocycles. The fraction of sp³-hybridized carbons (Fsp3) is 0.444. The van der Waals surface area contributed by atoms with Gasteiger partial charge in [-0.1, -0.05) is 6.07 Å². The van der Waals surface area contributed by atoms with Crippen molar-refractivity contribution in [3.05, 3.63) is 41.7 Å². The van der Waals surface area contributed by atoms with E-state index in [0.717, 1.165) is 29.0 Å². The Morgan fingerprint density at radius 2 is 2.38 bits per heavy atom. The van der Waals surface area contributed by atoms with E-state index in [1.54, 1.807) is 18.0 Å². The number of methoxy groups -OCH3 is 1. The molecular formula is C18H23N3O3. The molecule has 3 rings (SSSR count). The molecule has 0 saturated carbocycles. The zero-order valence-corrected chi connectivity index (χ0v) is 14.1. The highest BCUT2D eigenvalue weighted by Crippen LogP contribution is 2.30. The van der Waals surface area contributed by atoms with Crippen molar-refractivity contribution in [3.8, 4) is 11.5 Å². The molecule has 6 nitrogen and oxygen atoms in total. The van der Waals surface area contributed by atoms with Gasteiger partial charge in [0.25, 0.3) is 0 Å². The van der Waals surface area contributed by atoms with Crippen LogP contribution in [0.2, 0.25) is 0 Å². The molecule has 0 fully saturated rings. The number of hydrogen-bond acceptors (Lipinski definition) is 4. The lowest BCUT2D eigenvalue weighted by molar-refractivity contribution is -0.121. The van der Waals surface area contributed by atoms with Gasteiger partial charge in [0, 0.05) is 37.7 Å². The third kappa shape index (κ3) is 4.07. The number of aryl methyl sites for hydroxylation is 2. The van der Waals surface area contributed by atoms with Crippen LogP contribution in [0.3, 0.4) is 0 Å². The third-order valence-electron chi connectivity index (χ3n) is 4.18. The summed E-state index contributed by atoms with van der Waals surface area (Å²) in [6, 6.07) is 5.88. The normalized spacial score (nSPS) is 16.2. The second-order valence-corrected chi connectivity index (χ2v) is 6.19. The molecule has 1 N–H and O–H groups in total. The van der Waals surface area contributed by atoms with Crippen molar-refractivity contribution in [2.45, 2.75) is 26.3 Å². The number of fused-ring (bicyclic) bond motifs is 1. The Hall–Kier alpha value is -2.50. The van der Waals surface area contributed by atoms with Crippen molar-refractivity contribution in [3.63, 3.8) is 0 Å². The van der Waals surface area contributed by atoms with Crippen molar-refractivity contribution in [2.24, 2.45) is 5.92 Å². The van der Waals surface area contributed by atoms with Gasteiger partial charge in [0.05, 0.1) is 19.9 Å². The van der Waals surface area contributed by atoms with Crippen LogP contribution in [-0.4, -0.2) is 35.9 Å². The number of aromatic nitrogens is 2. The number of nitrogens with zero attached hydrogens (tertiary/aromatic N) is 2. The lowest BCUT2D eigenvalue weighted by Crippen LogP contribution is -2.35. The minimum Gasteiger partial charge on any atom is -0.497 e. The zero-order valence-electron chi connectivity index (χ0n) is 14.1. The van der Waals surface area contributed by atoms with Gasteiger partial charge in [-0.3, -0.25) is 9.48 Å². The molecule has 6 heteroatoms. The number of hydrogen-bond donors (Lipinski definition) is 1. The molecular weight excluding hydrogens is 306 g/mol. The Bertz CT molecular complexity index is 711. The Balaban J connectivity index is 1.44. The molecule has 0 radical (unpaired) electrons. The van der Waals surface area contributed by atoms with Crippen molar-refractivity contribution in [1.82, 2.24) is 15.1 Å². The van der Waals surface area contributed by atoms with Gasteiger partial charge in [0.2, 0.25) is 5.91 Å². The maximum absolute atomic E-state index is 12.0. The van der Waals surface area contributed by atoms with Crippen LogP contribution in [0, 0.1) is 12.8 Å².